The van der Waals surface area contributed by atoms with E-state index in [0.717, 1.165) is 37.7 Å². The largest absolute Gasteiger partial charge is 0.354 e. The number of nitrogens with two attached hydrogens (primary N) is 1. The molecule has 1 fully saturated rings. The van der Waals surface area contributed by atoms with Crippen molar-refractivity contribution in [2.75, 3.05) is 6.54 Å². The first kappa shape index (κ1) is 19.5. The number of hydrogen-bond donors (Lipinski definition) is 3. The topological polar surface area (TPSA) is 84.2 Å². The van der Waals surface area contributed by atoms with Crippen molar-refractivity contribution < 1.29 is 9.59 Å². The van der Waals surface area contributed by atoms with Crippen LogP contribution in [-0.2, 0) is 16.1 Å². The van der Waals surface area contributed by atoms with Crippen LogP contribution in [0.5, 0.6) is 0 Å². The summed E-state index contributed by atoms with van der Waals surface area (Å²) in [6.07, 6.45) is 4.89. The Bertz CT molecular complexity index is 502. The number of nitrogens with one attached hydrogen (secondary N) is 2. The Labute approximate surface area is 143 Å². The van der Waals surface area contributed by atoms with Gasteiger partial charge in [-0.05, 0) is 18.4 Å². The average Bonchev–Trinajstić information content (AvgIpc) is 2.54. The smallest absolute Gasteiger partial charge is 0.240 e. The number of benzene rings is 1. The Balaban J connectivity index is 0.00000264. The second kappa shape index (κ2) is 9.53. The summed E-state index contributed by atoms with van der Waals surface area (Å²) in [4.78, 5) is 23.9. The lowest BCUT2D eigenvalue weighted by Crippen LogP contribution is -2.55. The average molecular weight is 340 g/mol. The Morgan fingerprint density at radius 3 is 2.35 bits per heavy atom. The summed E-state index contributed by atoms with van der Waals surface area (Å²) in [5.41, 5.74) is 6.46. The van der Waals surface area contributed by atoms with E-state index in [1.54, 1.807) is 0 Å². The van der Waals surface area contributed by atoms with Crippen LogP contribution in [-0.4, -0.2) is 23.9 Å². The highest BCUT2D eigenvalue weighted by Gasteiger charge is 2.34. The van der Waals surface area contributed by atoms with Gasteiger partial charge >= 0.3 is 0 Å². The molecule has 1 saturated carbocycles. The molecule has 2 rings (SSSR count). The van der Waals surface area contributed by atoms with Crippen LogP contribution in [0.4, 0.5) is 0 Å². The van der Waals surface area contributed by atoms with E-state index in [-0.39, 0.29) is 30.6 Å². The van der Waals surface area contributed by atoms with Crippen LogP contribution in [0.3, 0.4) is 0 Å². The summed E-state index contributed by atoms with van der Waals surface area (Å²) in [5, 5.41) is 5.64. The highest BCUT2D eigenvalue weighted by Crippen LogP contribution is 2.25. The zero-order chi connectivity index (χ0) is 15.8. The summed E-state index contributed by atoms with van der Waals surface area (Å²) in [7, 11) is 0. The quantitative estimate of drug-likeness (QED) is 0.740. The van der Waals surface area contributed by atoms with Gasteiger partial charge < -0.3 is 16.4 Å². The molecule has 1 aromatic carbocycles. The predicted molar refractivity (Wildman–Crippen MR) is 93.2 cm³/mol. The van der Waals surface area contributed by atoms with Crippen LogP contribution >= 0.6 is 12.4 Å². The van der Waals surface area contributed by atoms with Crippen LogP contribution in [0.2, 0.25) is 0 Å². The minimum Gasteiger partial charge on any atom is -0.354 e. The fourth-order valence-electron chi connectivity index (χ4n) is 2.76. The molecule has 0 spiro atoms. The fourth-order valence-corrected chi connectivity index (χ4v) is 2.76. The van der Waals surface area contributed by atoms with Crippen LogP contribution in [0.25, 0.3) is 0 Å². The monoisotopic (exact) mass is 339 g/mol. The van der Waals surface area contributed by atoms with Crippen LogP contribution < -0.4 is 16.4 Å². The second-order valence-electron chi connectivity index (χ2n) is 5.99. The number of hydrogen-bond acceptors (Lipinski definition) is 3. The van der Waals surface area contributed by atoms with Gasteiger partial charge in [-0.15, -0.1) is 12.4 Å². The molecule has 1 aromatic rings. The molecule has 0 atom stereocenters. The van der Waals surface area contributed by atoms with Crippen LogP contribution in [0.15, 0.2) is 30.3 Å². The van der Waals surface area contributed by atoms with Crippen LogP contribution in [0.1, 0.15) is 44.1 Å². The van der Waals surface area contributed by atoms with Crippen molar-refractivity contribution in [2.24, 2.45) is 5.73 Å². The summed E-state index contributed by atoms with van der Waals surface area (Å²) in [6.45, 7) is 0.840. The third-order valence-corrected chi connectivity index (χ3v) is 4.17. The molecule has 0 aliphatic heterocycles. The first-order valence-electron chi connectivity index (χ1n) is 7.98. The van der Waals surface area contributed by atoms with Gasteiger partial charge in [0, 0.05) is 19.5 Å². The molecule has 0 bridgehead atoms. The standard InChI is InChI=1S/C17H25N3O2.ClH/c18-17(10-5-2-6-11-17)16(22)19-12-9-15(21)20-13-14-7-3-1-4-8-14;/h1,3-4,7-8H,2,5-6,9-13,18H2,(H,19,22)(H,20,21);1H. The highest BCUT2D eigenvalue weighted by atomic mass is 35.5. The Morgan fingerprint density at radius 1 is 1.04 bits per heavy atom. The predicted octanol–water partition coefficient (Wildman–Crippen LogP) is 1.89. The molecule has 6 heteroatoms. The van der Waals surface area contributed by atoms with E-state index in [2.05, 4.69) is 10.6 Å². The molecule has 23 heavy (non-hydrogen) atoms. The zero-order valence-corrected chi connectivity index (χ0v) is 14.2. The maximum Gasteiger partial charge on any atom is 0.240 e. The lowest BCUT2D eigenvalue weighted by atomic mass is 9.82. The van der Waals surface area contributed by atoms with Crippen LogP contribution in [0, 0.1) is 0 Å². The number of carbonyl (C=O) groups excluding carboxylic acids is 2. The van der Waals surface area contributed by atoms with Crippen molar-refractivity contribution in [2.45, 2.75) is 50.6 Å². The number of carbonyl (C=O) groups is 2. The molecule has 0 radical (unpaired) electrons. The van der Waals surface area contributed by atoms with Crippen molar-refractivity contribution in [1.82, 2.24) is 10.6 Å². The first-order valence-corrected chi connectivity index (χ1v) is 7.98. The van der Waals surface area contributed by atoms with Crippen molar-refractivity contribution >= 4 is 24.2 Å². The van der Waals surface area contributed by atoms with E-state index in [4.69, 9.17) is 5.73 Å². The normalized spacial score (nSPS) is 16.0. The maximum absolute atomic E-state index is 12.1. The molecule has 5 nitrogen and oxygen atoms in total. The number of amides is 2. The molecule has 4 N–H and O–H groups in total. The Hall–Kier alpha value is -1.59. The first-order chi connectivity index (χ1) is 10.6. The molecule has 1 aliphatic rings. The molecule has 128 valence electrons. The van der Waals surface area contributed by atoms with Gasteiger partial charge in [0.05, 0.1) is 5.54 Å². The molecule has 0 unspecified atom stereocenters. The van der Waals surface area contributed by atoms with Crippen molar-refractivity contribution in [1.29, 1.82) is 0 Å². The summed E-state index contributed by atoms with van der Waals surface area (Å²) >= 11 is 0. The van der Waals surface area contributed by atoms with E-state index in [9.17, 15) is 9.59 Å². The SMILES string of the molecule is Cl.NC1(C(=O)NCCC(=O)NCc2ccccc2)CCCCC1. The van der Waals surface area contributed by atoms with Gasteiger partial charge in [0.1, 0.15) is 0 Å². The van der Waals surface area contributed by atoms with E-state index < -0.39 is 5.54 Å². The van der Waals surface area contributed by atoms with Gasteiger partial charge in [0.15, 0.2) is 0 Å². The van der Waals surface area contributed by atoms with Gasteiger partial charge in [-0.2, -0.15) is 0 Å². The van der Waals surface area contributed by atoms with E-state index >= 15 is 0 Å². The minimum absolute atomic E-state index is 0. The van der Waals surface area contributed by atoms with Gasteiger partial charge in [-0.1, -0.05) is 49.6 Å². The minimum atomic E-state index is -0.737. The Morgan fingerprint density at radius 2 is 1.70 bits per heavy atom. The zero-order valence-electron chi connectivity index (χ0n) is 13.3. The Kier molecular flexibility index (Phi) is 8.06. The van der Waals surface area contributed by atoms with Gasteiger partial charge in [-0.25, -0.2) is 0 Å². The summed E-state index contributed by atoms with van der Waals surface area (Å²) < 4.78 is 0. The van der Waals surface area contributed by atoms with Crippen molar-refractivity contribution in [3.05, 3.63) is 35.9 Å². The lowest BCUT2D eigenvalue weighted by Gasteiger charge is -2.31. The second-order valence-corrected chi connectivity index (χ2v) is 5.99. The lowest BCUT2D eigenvalue weighted by molar-refractivity contribution is -0.127. The van der Waals surface area contributed by atoms with E-state index in [0.29, 0.717) is 13.1 Å². The van der Waals surface area contributed by atoms with Gasteiger partial charge in [-0.3, -0.25) is 9.59 Å². The van der Waals surface area contributed by atoms with Gasteiger partial charge in [0.25, 0.3) is 0 Å². The molecule has 0 saturated heterocycles. The molecular formula is C17H26ClN3O2. The van der Waals surface area contributed by atoms with Gasteiger partial charge in [0.2, 0.25) is 11.8 Å². The molecule has 0 heterocycles. The molecule has 2 amide bonds. The molecule has 1 aliphatic carbocycles. The summed E-state index contributed by atoms with van der Waals surface area (Å²) in [6, 6.07) is 9.74. The highest BCUT2D eigenvalue weighted by molar-refractivity contribution is 5.86. The van der Waals surface area contributed by atoms with E-state index in [1.165, 1.54) is 0 Å². The maximum atomic E-state index is 12.1. The molecular weight excluding hydrogens is 314 g/mol. The fraction of sp³-hybridized carbons (Fsp3) is 0.529. The van der Waals surface area contributed by atoms with Crippen molar-refractivity contribution in [3.63, 3.8) is 0 Å². The number of halogens is 1. The summed E-state index contributed by atoms with van der Waals surface area (Å²) in [5.74, 6) is -0.193. The van der Waals surface area contributed by atoms with E-state index in [1.807, 2.05) is 30.3 Å². The van der Waals surface area contributed by atoms with Crippen molar-refractivity contribution in [3.8, 4) is 0 Å². The third kappa shape index (κ3) is 6.20. The number of rotatable bonds is 6. The molecule has 0 aromatic heterocycles. The third-order valence-electron chi connectivity index (χ3n) is 4.17.